The van der Waals surface area contributed by atoms with Crippen molar-refractivity contribution < 1.29 is 9.53 Å². The Labute approximate surface area is 165 Å². The zero-order chi connectivity index (χ0) is 18.5. The van der Waals surface area contributed by atoms with Gasteiger partial charge in [0.15, 0.2) is 0 Å². The highest BCUT2D eigenvalue weighted by Crippen LogP contribution is 2.40. The summed E-state index contributed by atoms with van der Waals surface area (Å²) < 4.78 is 5.53. The lowest BCUT2D eigenvalue weighted by Gasteiger charge is -2.28. The number of hydrogen-bond donors (Lipinski definition) is 0. The van der Waals surface area contributed by atoms with E-state index in [-0.39, 0.29) is 5.91 Å². The number of thiophene rings is 1. The van der Waals surface area contributed by atoms with E-state index in [1.807, 2.05) is 6.07 Å². The standard InChI is InChI=1S/C22H28N2O2S/c25-21(23-11-7-2-1-3-8-12-23)20-17-19(18-9-5-4-6-10-18)22(27-20)24-13-15-26-16-14-24/h4-6,9-10,17H,1-3,7-8,11-16H2. The van der Waals surface area contributed by atoms with E-state index in [0.717, 1.165) is 57.1 Å². The molecule has 1 aromatic heterocycles. The molecule has 27 heavy (non-hydrogen) atoms. The molecule has 0 saturated carbocycles. The number of ether oxygens (including phenoxy) is 1. The minimum Gasteiger partial charge on any atom is -0.378 e. The summed E-state index contributed by atoms with van der Waals surface area (Å²) in [6.07, 6.45) is 6.03. The third-order valence-electron chi connectivity index (χ3n) is 5.45. The lowest BCUT2D eigenvalue weighted by molar-refractivity contribution is 0.0747. The van der Waals surface area contributed by atoms with Crippen molar-refractivity contribution in [1.29, 1.82) is 0 Å². The van der Waals surface area contributed by atoms with Crippen LogP contribution in [0, 0.1) is 0 Å². The van der Waals surface area contributed by atoms with Gasteiger partial charge in [0.25, 0.3) is 5.91 Å². The Kier molecular flexibility index (Phi) is 6.10. The summed E-state index contributed by atoms with van der Waals surface area (Å²) in [5.74, 6) is 0.207. The van der Waals surface area contributed by atoms with Crippen molar-refractivity contribution in [2.75, 3.05) is 44.3 Å². The maximum absolute atomic E-state index is 13.2. The van der Waals surface area contributed by atoms with Crippen molar-refractivity contribution in [3.05, 3.63) is 41.3 Å². The number of anilines is 1. The first-order valence-corrected chi connectivity index (χ1v) is 11.0. The number of benzene rings is 1. The van der Waals surface area contributed by atoms with Gasteiger partial charge >= 0.3 is 0 Å². The highest BCUT2D eigenvalue weighted by Gasteiger charge is 2.24. The summed E-state index contributed by atoms with van der Waals surface area (Å²) in [7, 11) is 0. The summed E-state index contributed by atoms with van der Waals surface area (Å²) in [6.45, 7) is 5.06. The molecular formula is C22H28N2O2S. The first-order valence-electron chi connectivity index (χ1n) is 10.1. The summed E-state index contributed by atoms with van der Waals surface area (Å²) in [5, 5.41) is 1.21. The molecule has 2 aliphatic rings. The molecule has 0 radical (unpaired) electrons. The van der Waals surface area contributed by atoms with Gasteiger partial charge in [0.2, 0.25) is 0 Å². The van der Waals surface area contributed by atoms with Crippen molar-refractivity contribution in [3.8, 4) is 11.1 Å². The fraction of sp³-hybridized carbons (Fsp3) is 0.500. The number of rotatable bonds is 3. The molecule has 2 saturated heterocycles. The molecule has 2 fully saturated rings. The molecule has 144 valence electrons. The molecular weight excluding hydrogens is 356 g/mol. The second kappa shape index (κ2) is 8.89. The predicted molar refractivity (Wildman–Crippen MR) is 112 cm³/mol. The minimum absolute atomic E-state index is 0.207. The van der Waals surface area contributed by atoms with Crippen LogP contribution in [-0.2, 0) is 4.74 Å². The van der Waals surface area contributed by atoms with Crippen LogP contribution in [0.4, 0.5) is 5.00 Å². The van der Waals surface area contributed by atoms with Crippen molar-refractivity contribution >= 4 is 22.2 Å². The van der Waals surface area contributed by atoms with Crippen LogP contribution in [0.15, 0.2) is 36.4 Å². The van der Waals surface area contributed by atoms with Crippen LogP contribution in [0.5, 0.6) is 0 Å². The molecule has 0 bridgehead atoms. The first-order chi connectivity index (χ1) is 13.3. The van der Waals surface area contributed by atoms with E-state index in [9.17, 15) is 4.79 Å². The van der Waals surface area contributed by atoms with E-state index in [1.54, 1.807) is 11.3 Å². The van der Waals surface area contributed by atoms with Gasteiger partial charge in [-0.3, -0.25) is 4.79 Å². The number of morpholine rings is 1. The molecule has 5 heteroatoms. The monoisotopic (exact) mass is 384 g/mol. The van der Waals surface area contributed by atoms with E-state index < -0.39 is 0 Å². The number of amides is 1. The number of likely N-dealkylation sites (tertiary alicyclic amines) is 1. The molecule has 1 amide bonds. The Morgan fingerprint density at radius 2 is 1.56 bits per heavy atom. The van der Waals surface area contributed by atoms with Crippen LogP contribution in [-0.4, -0.2) is 50.2 Å². The van der Waals surface area contributed by atoms with E-state index in [2.05, 4.69) is 40.1 Å². The highest BCUT2D eigenvalue weighted by molar-refractivity contribution is 7.18. The van der Waals surface area contributed by atoms with Gasteiger partial charge in [-0.1, -0.05) is 49.6 Å². The van der Waals surface area contributed by atoms with E-state index >= 15 is 0 Å². The molecule has 4 nitrogen and oxygen atoms in total. The number of carbonyl (C=O) groups is 1. The SMILES string of the molecule is O=C(c1cc(-c2ccccc2)c(N2CCOCC2)s1)N1CCCCCCC1. The van der Waals surface area contributed by atoms with Crippen molar-refractivity contribution in [2.45, 2.75) is 32.1 Å². The van der Waals surface area contributed by atoms with E-state index in [0.29, 0.717) is 0 Å². The summed E-state index contributed by atoms with van der Waals surface area (Å²) in [5.41, 5.74) is 2.36. The van der Waals surface area contributed by atoms with Crippen LogP contribution in [0.25, 0.3) is 11.1 Å². The smallest absolute Gasteiger partial charge is 0.264 e. The van der Waals surface area contributed by atoms with Crippen LogP contribution >= 0.6 is 11.3 Å². The number of carbonyl (C=O) groups excluding carboxylic acids is 1. The largest absolute Gasteiger partial charge is 0.378 e. The quantitative estimate of drug-likeness (QED) is 0.772. The maximum atomic E-state index is 13.2. The van der Waals surface area contributed by atoms with Gasteiger partial charge in [-0.05, 0) is 24.5 Å². The summed E-state index contributed by atoms with van der Waals surface area (Å²) >= 11 is 1.65. The Morgan fingerprint density at radius 1 is 0.889 bits per heavy atom. The summed E-state index contributed by atoms with van der Waals surface area (Å²) in [4.78, 5) is 18.6. The van der Waals surface area contributed by atoms with Gasteiger partial charge < -0.3 is 14.5 Å². The van der Waals surface area contributed by atoms with Gasteiger partial charge in [-0.15, -0.1) is 11.3 Å². The minimum atomic E-state index is 0.207. The first kappa shape index (κ1) is 18.5. The second-order valence-electron chi connectivity index (χ2n) is 7.35. The zero-order valence-corrected chi connectivity index (χ0v) is 16.7. The van der Waals surface area contributed by atoms with Gasteiger partial charge in [-0.2, -0.15) is 0 Å². The fourth-order valence-corrected chi connectivity index (χ4v) is 5.12. The van der Waals surface area contributed by atoms with E-state index in [4.69, 9.17) is 4.74 Å². The van der Waals surface area contributed by atoms with Gasteiger partial charge in [0.1, 0.15) is 0 Å². The molecule has 4 rings (SSSR count). The number of nitrogens with zero attached hydrogens (tertiary/aromatic N) is 2. The third kappa shape index (κ3) is 4.36. The van der Waals surface area contributed by atoms with Crippen LogP contribution in [0.3, 0.4) is 0 Å². The Morgan fingerprint density at radius 3 is 2.26 bits per heavy atom. The molecule has 0 atom stereocenters. The molecule has 2 aromatic rings. The zero-order valence-electron chi connectivity index (χ0n) is 15.9. The lowest BCUT2D eigenvalue weighted by Crippen LogP contribution is -2.36. The second-order valence-corrected chi connectivity index (χ2v) is 8.39. The topological polar surface area (TPSA) is 32.8 Å². The maximum Gasteiger partial charge on any atom is 0.264 e. The molecule has 0 N–H and O–H groups in total. The third-order valence-corrected chi connectivity index (χ3v) is 6.63. The number of hydrogen-bond acceptors (Lipinski definition) is 4. The van der Waals surface area contributed by atoms with Gasteiger partial charge in [0, 0.05) is 31.7 Å². The van der Waals surface area contributed by atoms with Crippen LogP contribution in [0.1, 0.15) is 41.8 Å². The Bertz CT molecular complexity index is 745. The molecule has 0 spiro atoms. The van der Waals surface area contributed by atoms with Crippen molar-refractivity contribution in [1.82, 2.24) is 4.90 Å². The highest BCUT2D eigenvalue weighted by atomic mass is 32.1. The van der Waals surface area contributed by atoms with Gasteiger partial charge in [0.05, 0.1) is 23.1 Å². The molecule has 2 aliphatic heterocycles. The lowest BCUT2D eigenvalue weighted by atomic mass is 10.1. The Hall–Kier alpha value is -1.85. The van der Waals surface area contributed by atoms with Gasteiger partial charge in [-0.25, -0.2) is 0 Å². The van der Waals surface area contributed by atoms with Crippen LogP contribution < -0.4 is 4.90 Å². The van der Waals surface area contributed by atoms with Crippen LogP contribution in [0.2, 0.25) is 0 Å². The average Bonchev–Trinajstić information content (AvgIpc) is 3.14. The molecule has 0 aliphatic carbocycles. The molecule has 1 aromatic carbocycles. The average molecular weight is 385 g/mol. The molecule has 0 unspecified atom stereocenters. The normalized spacial score (nSPS) is 18.8. The van der Waals surface area contributed by atoms with Crippen molar-refractivity contribution in [3.63, 3.8) is 0 Å². The predicted octanol–water partition coefficient (Wildman–Crippen LogP) is 4.66. The van der Waals surface area contributed by atoms with E-state index in [1.165, 1.54) is 35.4 Å². The summed E-state index contributed by atoms with van der Waals surface area (Å²) in [6, 6.07) is 12.6. The molecule has 3 heterocycles. The fourth-order valence-electron chi connectivity index (χ4n) is 3.92. The Balaban J connectivity index is 1.64. The van der Waals surface area contributed by atoms with Crippen molar-refractivity contribution in [2.24, 2.45) is 0 Å².